The third-order valence-electron chi connectivity index (χ3n) is 6.56. The second-order valence-electron chi connectivity index (χ2n) is 9.60. The van der Waals surface area contributed by atoms with Gasteiger partial charge in [-0.2, -0.15) is 0 Å². The molecule has 3 heterocycles. The lowest BCUT2D eigenvalue weighted by molar-refractivity contribution is -0.137. The molecule has 3 N–H and O–H groups in total. The summed E-state index contributed by atoms with van der Waals surface area (Å²) in [4.78, 5) is 64.3. The number of carbonyl (C=O) groups is 4. The summed E-state index contributed by atoms with van der Waals surface area (Å²) in [5.41, 5.74) is 0.940. The van der Waals surface area contributed by atoms with E-state index in [0.717, 1.165) is 30.1 Å². The number of thiazole rings is 1. The maximum atomic E-state index is 13.2. The van der Waals surface area contributed by atoms with Gasteiger partial charge in [-0.25, -0.2) is 9.97 Å². The molecule has 0 bridgehead atoms. The lowest BCUT2D eigenvalue weighted by Gasteiger charge is -2.37. The molecular formula is C24H30ClN7O4S. The van der Waals surface area contributed by atoms with E-state index >= 15 is 0 Å². The summed E-state index contributed by atoms with van der Waals surface area (Å²) in [7, 11) is 5.41. The van der Waals surface area contributed by atoms with E-state index in [1.165, 1.54) is 28.5 Å². The van der Waals surface area contributed by atoms with E-state index in [-0.39, 0.29) is 23.6 Å². The summed E-state index contributed by atoms with van der Waals surface area (Å²) < 4.78 is 0. The molecule has 37 heavy (non-hydrogen) atoms. The number of hydrogen-bond donors (Lipinski definition) is 3. The zero-order valence-electron chi connectivity index (χ0n) is 20.9. The Hall–Kier alpha value is -3.09. The fourth-order valence-electron chi connectivity index (χ4n) is 4.60. The summed E-state index contributed by atoms with van der Waals surface area (Å²) in [6.07, 6.45) is 3.42. The van der Waals surface area contributed by atoms with Gasteiger partial charge in [0.1, 0.15) is 5.82 Å². The van der Waals surface area contributed by atoms with Gasteiger partial charge in [-0.05, 0) is 38.4 Å². The number of pyridine rings is 1. The van der Waals surface area contributed by atoms with Crippen LogP contribution in [0.4, 0.5) is 5.82 Å². The minimum atomic E-state index is -0.886. The molecule has 2 aromatic rings. The highest BCUT2D eigenvalue weighted by atomic mass is 35.5. The Bertz CT molecular complexity index is 1190. The lowest BCUT2D eigenvalue weighted by Crippen LogP contribution is -2.57. The number of carbonyl (C=O) groups excluding carboxylic acids is 4. The lowest BCUT2D eigenvalue weighted by atomic mass is 9.81. The monoisotopic (exact) mass is 547 g/mol. The topological polar surface area (TPSA) is 137 Å². The van der Waals surface area contributed by atoms with Crippen LogP contribution in [0.15, 0.2) is 18.3 Å². The number of halogens is 1. The Kier molecular flexibility index (Phi) is 8.40. The molecule has 0 unspecified atom stereocenters. The average Bonchev–Trinajstić information content (AvgIpc) is 3.29. The van der Waals surface area contributed by atoms with Crippen LogP contribution in [0.5, 0.6) is 0 Å². The van der Waals surface area contributed by atoms with Gasteiger partial charge in [-0.1, -0.05) is 11.6 Å². The summed E-state index contributed by atoms with van der Waals surface area (Å²) in [5, 5.41) is 8.91. The molecule has 2 aliphatic rings. The van der Waals surface area contributed by atoms with E-state index in [4.69, 9.17) is 11.6 Å². The molecule has 3 atom stereocenters. The quantitative estimate of drug-likeness (QED) is 0.480. The van der Waals surface area contributed by atoms with E-state index in [0.29, 0.717) is 29.3 Å². The second-order valence-corrected chi connectivity index (χ2v) is 11.1. The van der Waals surface area contributed by atoms with Crippen LogP contribution in [0.2, 0.25) is 5.02 Å². The molecule has 4 rings (SSSR count). The highest BCUT2D eigenvalue weighted by molar-refractivity contribution is 7.13. The fourth-order valence-corrected chi connectivity index (χ4v) is 5.80. The third-order valence-corrected chi connectivity index (χ3v) is 7.87. The Morgan fingerprint density at radius 1 is 1.11 bits per heavy atom. The molecule has 198 valence electrons. The first-order valence-corrected chi connectivity index (χ1v) is 13.2. The van der Waals surface area contributed by atoms with Gasteiger partial charge >= 0.3 is 11.8 Å². The fraction of sp³-hybridized carbons (Fsp3) is 0.500. The van der Waals surface area contributed by atoms with Gasteiger partial charge < -0.3 is 25.8 Å². The number of fused-ring (bicyclic) bond motifs is 1. The smallest absolute Gasteiger partial charge is 0.314 e. The molecule has 0 radical (unpaired) electrons. The molecular weight excluding hydrogens is 518 g/mol. The van der Waals surface area contributed by atoms with Crippen molar-refractivity contribution in [2.75, 3.05) is 33.0 Å². The number of amides is 4. The Labute approximate surface area is 224 Å². The van der Waals surface area contributed by atoms with Gasteiger partial charge in [0.2, 0.25) is 5.91 Å². The zero-order valence-corrected chi connectivity index (χ0v) is 22.5. The molecule has 1 aliphatic heterocycles. The summed E-state index contributed by atoms with van der Waals surface area (Å²) >= 11 is 7.17. The molecule has 0 spiro atoms. The van der Waals surface area contributed by atoms with Crippen LogP contribution >= 0.6 is 22.9 Å². The van der Waals surface area contributed by atoms with Gasteiger partial charge in [-0.15, -0.1) is 11.3 Å². The molecule has 11 nitrogen and oxygen atoms in total. The number of likely N-dealkylation sites (N-methyl/N-ethyl adjacent to an activating group) is 1. The summed E-state index contributed by atoms with van der Waals surface area (Å²) in [5.74, 6) is -2.25. The van der Waals surface area contributed by atoms with Crippen molar-refractivity contribution >= 4 is 52.4 Å². The minimum absolute atomic E-state index is 0.0386. The van der Waals surface area contributed by atoms with Gasteiger partial charge in [-0.3, -0.25) is 19.2 Å². The summed E-state index contributed by atoms with van der Waals surface area (Å²) in [6, 6.07) is 1.95. The highest BCUT2D eigenvalue weighted by Gasteiger charge is 2.37. The SMILES string of the molecule is CN1CCc2nc(C(=O)N[C@H]3C[C@H](C(=O)N(C)C)CC[C@@H]3NC(=O)C(=O)Nc3ccc(Cl)cn3)sc2C1. The van der Waals surface area contributed by atoms with Crippen LogP contribution in [-0.2, 0) is 27.3 Å². The number of nitrogens with zero attached hydrogens (tertiary/aromatic N) is 4. The first-order valence-electron chi connectivity index (χ1n) is 12.0. The van der Waals surface area contributed by atoms with Crippen molar-refractivity contribution in [2.24, 2.45) is 5.92 Å². The largest absolute Gasteiger partial charge is 0.349 e. The normalized spacial score (nSPS) is 21.5. The Morgan fingerprint density at radius 3 is 2.59 bits per heavy atom. The number of hydrogen-bond acceptors (Lipinski definition) is 8. The van der Waals surface area contributed by atoms with Crippen LogP contribution in [-0.4, -0.2) is 83.2 Å². The maximum Gasteiger partial charge on any atom is 0.314 e. The van der Waals surface area contributed by atoms with Crippen LogP contribution < -0.4 is 16.0 Å². The van der Waals surface area contributed by atoms with Crippen LogP contribution in [0.3, 0.4) is 0 Å². The minimum Gasteiger partial charge on any atom is -0.349 e. The molecule has 0 saturated heterocycles. The van der Waals surface area contributed by atoms with Gasteiger partial charge in [0.25, 0.3) is 5.91 Å². The number of rotatable bonds is 5. The molecule has 2 aromatic heterocycles. The van der Waals surface area contributed by atoms with Crippen LogP contribution in [0.1, 0.15) is 39.6 Å². The van der Waals surface area contributed by atoms with Crippen molar-refractivity contribution in [3.05, 3.63) is 38.9 Å². The van der Waals surface area contributed by atoms with E-state index < -0.39 is 23.9 Å². The average molecular weight is 548 g/mol. The second kappa shape index (κ2) is 11.5. The number of nitrogens with one attached hydrogen (secondary N) is 3. The van der Waals surface area contributed by atoms with E-state index in [9.17, 15) is 19.2 Å². The zero-order chi connectivity index (χ0) is 26.7. The van der Waals surface area contributed by atoms with Crippen molar-refractivity contribution in [2.45, 2.75) is 44.3 Å². The molecule has 1 aliphatic carbocycles. The van der Waals surface area contributed by atoms with Crippen LogP contribution in [0, 0.1) is 5.92 Å². The van der Waals surface area contributed by atoms with Crippen molar-refractivity contribution in [3.8, 4) is 0 Å². The summed E-state index contributed by atoms with van der Waals surface area (Å²) in [6.45, 7) is 1.63. The van der Waals surface area contributed by atoms with E-state index in [2.05, 4.69) is 30.8 Å². The van der Waals surface area contributed by atoms with Crippen molar-refractivity contribution in [1.29, 1.82) is 0 Å². The van der Waals surface area contributed by atoms with Gasteiger partial charge in [0.15, 0.2) is 5.01 Å². The Balaban J connectivity index is 1.45. The molecule has 13 heteroatoms. The number of aromatic nitrogens is 2. The molecule has 0 aromatic carbocycles. The predicted molar refractivity (Wildman–Crippen MR) is 139 cm³/mol. The van der Waals surface area contributed by atoms with E-state index in [1.54, 1.807) is 20.2 Å². The molecule has 1 fully saturated rings. The van der Waals surface area contributed by atoms with Gasteiger partial charge in [0.05, 0.1) is 16.8 Å². The van der Waals surface area contributed by atoms with Crippen molar-refractivity contribution < 1.29 is 19.2 Å². The van der Waals surface area contributed by atoms with Crippen LogP contribution in [0.25, 0.3) is 0 Å². The third kappa shape index (κ3) is 6.62. The number of anilines is 1. The molecule has 4 amide bonds. The first-order chi connectivity index (χ1) is 17.6. The molecule has 1 saturated carbocycles. The standard InChI is InChI=1S/C24H30ClN7O4S/c1-31(2)24(36)13-4-6-15(27-20(33)21(34)30-19-7-5-14(25)11-26-19)17(10-13)28-22(35)23-29-16-8-9-32(3)12-18(16)37-23/h5,7,11,13,15,17H,4,6,8-10,12H2,1-3H3,(H,27,33)(H,28,35)(H,26,30,34)/t13-,15+,17+/m1/s1. The van der Waals surface area contributed by atoms with E-state index in [1.807, 2.05) is 7.05 Å². The van der Waals surface area contributed by atoms with Crippen molar-refractivity contribution in [1.82, 2.24) is 30.4 Å². The van der Waals surface area contributed by atoms with Crippen molar-refractivity contribution in [3.63, 3.8) is 0 Å². The van der Waals surface area contributed by atoms with Gasteiger partial charge in [0, 0.05) is 56.6 Å². The maximum absolute atomic E-state index is 13.2. The first kappa shape index (κ1) is 27.0. The predicted octanol–water partition coefficient (Wildman–Crippen LogP) is 1.29. The highest BCUT2D eigenvalue weighted by Crippen LogP contribution is 2.28. The Morgan fingerprint density at radius 2 is 1.89 bits per heavy atom.